The molecule has 0 radical (unpaired) electrons. The molecule has 2 aromatic rings. The van der Waals surface area contributed by atoms with Crippen LogP contribution in [0.2, 0.25) is 0 Å². The van der Waals surface area contributed by atoms with E-state index in [9.17, 15) is 4.39 Å². The van der Waals surface area contributed by atoms with Gasteiger partial charge in [0.25, 0.3) is 0 Å². The number of nitrogens with two attached hydrogens (primary N) is 1. The van der Waals surface area contributed by atoms with Crippen LogP contribution < -0.4 is 10.6 Å². The average molecular weight is 245 g/mol. The number of rotatable bonds is 3. The first-order valence-corrected chi connectivity index (χ1v) is 5.78. The zero-order valence-electron chi connectivity index (χ0n) is 10.5. The first kappa shape index (κ1) is 12.4. The van der Waals surface area contributed by atoms with Gasteiger partial charge in [-0.05, 0) is 36.8 Å². The smallest absolute Gasteiger partial charge is 0.165 e. The molecule has 0 saturated carbocycles. The van der Waals surface area contributed by atoms with Crippen LogP contribution in [-0.2, 0) is 0 Å². The Morgan fingerprint density at radius 2 is 2.06 bits per heavy atom. The van der Waals surface area contributed by atoms with Crippen LogP contribution in [0.5, 0.6) is 0 Å². The highest BCUT2D eigenvalue weighted by atomic mass is 19.1. The van der Waals surface area contributed by atoms with Gasteiger partial charge >= 0.3 is 0 Å². The molecule has 0 aliphatic heterocycles. The number of hydrogen-bond acceptors (Lipinski definition) is 3. The first-order valence-electron chi connectivity index (χ1n) is 5.78. The molecule has 1 unspecified atom stereocenters. The van der Waals surface area contributed by atoms with Gasteiger partial charge in [0.2, 0.25) is 0 Å². The summed E-state index contributed by atoms with van der Waals surface area (Å²) in [5.41, 5.74) is 7.49. The Bertz CT molecular complexity index is 542. The molecule has 0 fully saturated rings. The van der Waals surface area contributed by atoms with Crippen molar-refractivity contribution in [2.24, 2.45) is 0 Å². The predicted octanol–water partition coefficient (Wildman–Crippen LogP) is 3.00. The highest BCUT2D eigenvalue weighted by Gasteiger charge is 2.16. The van der Waals surface area contributed by atoms with Gasteiger partial charge in [0.1, 0.15) is 0 Å². The Morgan fingerprint density at radius 3 is 2.72 bits per heavy atom. The van der Waals surface area contributed by atoms with Crippen LogP contribution in [-0.4, -0.2) is 12.0 Å². The number of benzene rings is 1. The Labute approximate surface area is 106 Å². The largest absolute Gasteiger partial charge is 0.399 e. The van der Waals surface area contributed by atoms with Crippen molar-refractivity contribution in [2.75, 3.05) is 17.7 Å². The lowest BCUT2D eigenvalue weighted by Gasteiger charge is -2.26. The Hall–Kier alpha value is -2.10. The van der Waals surface area contributed by atoms with Crippen molar-refractivity contribution >= 4 is 11.5 Å². The van der Waals surface area contributed by atoms with Crippen LogP contribution in [0, 0.1) is 5.82 Å². The van der Waals surface area contributed by atoms with E-state index in [4.69, 9.17) is 5.73 Å². The second-order valence-electron chi connectivity index (χ2n) is 4.27. The lowest BCUT2D eigenvalue weighted by molar-refractivity contribution is 0.602. The normalized spacial score (nSPS) is 12.2. The molecule has 0 aliphatic carbocycles. The van der Waals surface area contributed by atoms with E-state index < -0.39 is 0 Å². The molecule has 0 bridgehead atoms. The summed E-state index contributed by atoms with van der Waals surface area (Å²) in [6.07, 6.45) is 1.58. The summed E-state index contributed by atoms with van der Waals surface area (Å²) >= 11 is 0. The predicted molar refractivity (Wildman–Crippen MR) is 71.9 cm³/mol. The van der Waals surface area contributed by atoms with Crippen LogP contribution in [0.3, 0.4) is 0 Å². The van der Waals surface area contributed by atoms with E-state index in [2.05, 4.69) is 4.98 Å². The number of hydrogen-bond donors (Lipinski definition) is 1. The Kier molecular flexibility index (Phi) is 3.46. The van der Waals surface area contributed by atoms with Crippen molar-refractivity contribution in [2.45, 2.75) is 13.0 Å². The zero-order chi connectivity index (χ0) is 13.1. The molecular formula is C14H16FN3. The van der Waals surface area contributed by atoms with Crippen molar-refractivity contribution in [1.29, 1.82) is 0 Å². The van der Waals surface area contributed by atoms with Crippen LogP contribution in [0.4, 0.5) is 15.9 Å². The quantitative estimate of drug-likeness (QED) is 0.845. The van der Waals surface area contributed by atoms with E-state index in [0.29, 0.717) is 11.5 Å². The van der Waals surface area contributed by atoms with E-state index >= 15 is 0 Å². The molecule has 18 heavy (non-hydrogen) atoms. The van der Waals surface area contributed by atoms with Crippen molar-refractivity contribution in [3.05, 3.63) is 54.0 Å². The Morgan fingerprint density at radius 1 is 1.28 bits per heavy atom. The molecule has 1 heterocycles. The minimum atomic E-state index is -0.323. The molecule has 1 atom stereocenters. The highest BCUT2D eigenvalue weighted by Crippen LogP contribution is 2.26. The molecule has 3 nitrogen and oxygen atoms in total. The maximum Gasteiger partial charge on any atom is 0.165 e. The highest BCUT2D eigenvalue weighted by molar-refractivity contribution is 5.46. The summed E-state index contributed by atoms with van der Waals surface area (Å²) in [7, 11) is 1.82. The molecule has 4 heteroatoms. The molecule has 94 valence electrons. The molecule has 1 aromatic heterocycles. The molecule has 2 N–H and O–H groups in total. The number of halogens is 1. The summed E-state index contributed by atoms with van der Waals surface area (Å²) in [6, 6.07) is 10.6. The molecule has 0 aliphatic rings. The molecule has 0 spiro atoms. The molecule has 0 saturated heterocycles. The average Bonchev–Trinajstić information content (AvgIpc) is 2.37. The van der Waals surface area contributed by atoms with Crippen molar-refractivity contribution < 1.29 is 4.39 Å². The third kappa shape index (κ3) is 2.42. The third-order valence-corrected chi connectivity index (χ3v) is 3.05. The van der Waals surface area contributed by atoms with Gasteiger partial charge in [0.05, 0.1) is 6.04 Å². The molecule has 0 amide bonds. The van der Waals surface area contributed by atoms with Crippen LogP contribution >= 0.6 is 0 Å². The molecule has 2 rings (SSSR count). The summed E-state index contributed by atoms with van der Waals surface area (Å²) in [5.74, 6) is 0.0168. The second kappa shape index (κ2) is 5.04. The van der Waals surface area contributed by atoms with Crippen molar-refractivity contribution in [1.82, 2.24) is 4.98 Å². The summed E-state index contributed by atoms with van der Waals surface area (Å²) in [6.45, 7) is 1.99. The van der Waals surface area contributed by atoms with Gasteiger partial charge in [-0.25, -0.2) is 9.37 Å². The monoisotopic (exact) mass is 245 g/mol. The number of anilines is 2. The van der Waals surface area contributed by atoms with Gasteiger partial charge < -0.3 is 10.6 Å². The first-order chi connectivity index (χ1) is 8.59. The summed E-state index contributed by atoms with van der Waals surface area (Å²) < 4.78 is 13.7. The Balaban J connectivity index is 2.29. The summed E-state index contributed by atoms with van der Waals surface area (Å²) in [5, 5.41) is 0. The number of nitrogens with zero attached hydrogens (tertiary/aromatic N) is 2. The standard InChI is InChI=1S/C14H16FN3/c1-10(11-5-3-6-12(16)9-11)18(2)14-13(15)7-4-8-17-14/h3-10H,16H2,1-2H3. The van der Waals surface area contributed by atoms with E-state index in [-0.39, 0.29) is 11.9 Å². The van der Waals surface area contributed by atoms with Crippen molar-refractivity contribution in [3.63, 3.8) is 0 Å². The van der Waals surface area contributed by atoms with E-state index in [1.807, 2.05) is 38.2 Å². The number of aromatic nitrogens is 1. The fourth-order valence-corrected chi connectivity index (χ4v) is 1.86. The number of pyridine rings is 1. The molecular weight excluding hydrogens is 229 g/mol. The minimum absolute atomic E-state index is 0.00194. The number of nitrogen functional groups attached to an aromatic ring is 1. The second-order valence-corrected chi connectivity index (χ2v) is 4.27. The lowest BCUT2D eigenvalue weighted by Crippen LogP contribution is -2.23. The van der Waals surface area contributed by atoms with Gasteiger partial charge in [-0.15, -0.1) is 0 Å². The van der Waals surface area contributed by atoms with Gasteiger partial charge in [-0.2, -0.15) is 0 Å². The topological polar surface area (TPSA) is 42.1 Å². The SMILES string of the molecule is CC(c1cccc(N)c1)N(C)c1ncccc1F. The molecule has 1 aromatic carbocycles. The van der Waals surface area contributed by atoms with Gasteiger partial charge in [0, 0.05) is 18.9 Å². The maximum absolute atomic E-state index is 13.7. The fraction of sp³-hybridized carbons (Fsp3) is 0.214. The maximum atomic E-state index is 13.7. The van der Waals surface area contributed by atoms with E-state index in [0.717, 1.165) is 5.56 Å². The van der Waals surface area contributed by atoms with Crippen LogP contribution in [0.15, 0.2) is 42.6 Å². The zero-order valence-corrected chi connectivity index (χ0v) is 10.5. The van der Waals surface area contributed by atoms with Gasteiger partial charge in [-0.3, -0.25) is 0 Å². The fourth-order valence-electron chi connectivity index (χ4n) is 1.86. The van der Waals surface area contributed by atoms with Gasteiger partial charge in [0.15, 0.2) is 11.6 Å². The van der Waals surface area contributed by atoms with E-state index in [1.54, 1.807) is 17.2 Å². The van der Waals surface area contributed by atoms with Gasteiger partial charge in [-0.1, -0.05) is 12.1 Å². The lowest BCUT2D eigenvalue weighted by atomic mass is 10.1. The van der Waals surface area contributed by atoms with Crippen molar-refractivity contribution in [3.8, 4) is 0 Å². The summed E-state index contributed by atoms with van der Waals surface area (Å²) in [4.78, 5) is 5.86. The van der Waals surface area contributed by atoms with Crippen LogP contribution in [0.1, 0.15) is 18.5 Å². The third-order valence-electron chi connectivity index (χ3n) is 3.05. The minimum Gasteiger partial charge on any atom is -0.399 e. The van der Waals surface area contributed by atoms with E-state index in [1.165, 1.54) is 6.07 Å². The van der Waals surface area contributed by atoms with Crippen LogP contribution in [0.25, 0.3) is 0 Å².